The van der Waals surface area contributed by atoms with Crippen molar-refractivity contribution in [2.75, 3.05) is 0 Å². The molecule has 1 aliphatic rings. The van der Waals surface area contributed by atoms with Crippen LogP contribution in [-0.4, -0.2) is 11.5 Å². The van der Waals surface area contributed by atoms with Gasteiger partial charge in [0, 0.05) is 16.6 Å². The van der Waals surface area contributed by atoms with Gasteiger partial charge in [0.1, 0.15) is 6.29 Å². The van der Waals surface area contributed by atoms with Crippen molar-refractivity contribution in [1.82, 2.24) is 0 Å². The van der Waals surface area contributed by atoms with Crippen LogP contribution in [0.4, 0.5) is 0 Å². The van der Waals surface area contributed by atoms with E-state index < -0.39 is 0 Å². The van der Waals surface area contributed by atoms with E-state index in [4.69, 9.17) is 0 Å². The van der Waals surface area contributed by atoms with Crippen LogP contribution in [-0.2, 0) is 11.2 Å². The molecule has 0 amide bonds. The highest BCUT2D eigenvalue weighted by Gasteiger charge is 2.20. The van der Waals surface area contributed by atoms with Crippen molar-refractivity contribution in [3.05, 3.63) is 29.8 Å². The Kier molecular flexibility index (Phi) is 2.17. The van der Waals surface area contributed by atoms with Crippen molar-refractivity contribution in [2.24, 2.45) is 0 Å². The number of carbonyl (C=O) groups excluding carboxylic acids is 1. The van der Waals surface area contributed by atoms with Crippen LogP contribution in [0.25, 0.3) is 0 Å². The molecule has 0 aliphatic carbocycles. The molecule has 0 spiro atoms. The largest absolute Gasteiger partial charge is 0.303 e. The minimum atomic E-state index is 0.486. The molecule has 2 rings (SSSR count). The van der Waals surface area contributed by atoms with E-state index in [-0.39, 0.29) is 0 Å². The zero-order valence-corrected chi connectivity index (χ0v) is 7.51. The summed E-state index contributed by atoms with van der Waals surface area (Å²) >= 11 is 1.83. The molecule has 1 unspecified atom stereocenters. The number of benzene rings is 1. The third kappa shape index (κ3) is 1.39. The van der Waals surface area contributed by atoms with Crippen LogP contribution >= 0.6 is 11.8 Å². The maximum Gasteiger partial charge on any atom is 0.121 e. The first-order valence-corrected chi connectivity index (χ1v) is 4.96. The Labute approximate surface area is 76.2 Å². The fourth-order valence-electron chi connectivity index (χ4n) is 1.49. The monoisotopic (exact) mass is 178 g/mol. The summed E-state index contributed by atoms with van der Waals surface area (Å²) < 4.78 is 0. The van der Waals surface area contributed by atoms with Crippen LogP contribution in [0, 0.1) is 0 Å². The molecule has 0 fully saturated rings. The predicted molar refractivity (Wildman–Crippen MR) is 50.5 cm³/mol. The molecule has 1 aliphatic heterocycles. The summed E-state index contributed by atoms with van der Waals surface area (Å²) in [6.07, 6.45) is 2.75. The van der Waals surface area contributed by atoms with E-state index in [0.717, 1.165) is 12.7 Å². The first kappa shape index (κ1) is 7.87. The molecule has 1 atom stereocenters. The van der Waals surface area contributed by atoms with Gasteiger partial charge in [0.25, 0.3) is 0 Å². The van der Waals surface area contributed by atoms with E-state index >= 15 is 0 Å². The van der Waals surface area contributed by atoms with Crippen LogP contribution in [0.5, 0.6) is 0 Å². The Balaban J connectivity index is 2.16. The first-order valence-electron chi connectivity index (χ1n) is 4.08. The van der Waals surface area contributed by atoms with E-state index in [1.54, 1.807) is 0 Å². The van der Waals surface area contributed by atoms with Gasteiger partial charge in [-0.25, -0.2) is 0 Å². The Morgan fingerprint density at radius 1 is 1.50 bits per heavy atom. The average molecular weight is 178 g/mol. The molecule has 0 saturated heterocycles. The lowest BCUT2D eigenvalue weighted by molar-refractivity contribution is -0.107. The summed E-state index contributed by atoms with van der Waals surface area (Å²) in [5, 5.41) is 0.486. The highest BCUT2D eigenvalue weighted by Crippen LogP contribution is 2.37. The second kappa shape index (κ2) is 3.31. The second-order valence-electron chi connectivity index (χ2n) is 2.95. The van der Waals surface area contributed by atoms with Crippen molar-refractivity contribution in [3.8, 4) is 0 Å². The van der Waals surface area contributed by atoms with Gasteiger partial charge in [0.2, 0.25) is 0 Å². The molecule has 12 heavy (non-hydrogen) atoms. The lowest BCUT2D eigenvalue weighted by Crippen LogP contribution is -2.00. The quantitative estimate of drug-likeness (QED) is 0.646. The number of hydrogen-bond acceptors (Lipinski definition) is 2. The molecule has 1 nitrogen and oxygen atoms in total. The zero-order valence-electron chi connectivity index (χ0n) is 6.69. The maximum absolute atomic E-state index is 10.3. The third-order valence-corrected chi connectivity index (χ3v) is 3.42. The molecule has 0 aromatic heterocycles. The molecule has 0 radical (unpaired) electrons. The molecule has 62 valence electrons. The number of fused-ring (bicyclic) bond motifs is 1. The number of rotatable bonds is 2. The van der Waals surface area contributed by atoms with E-state index in [1.807, 2.05) is 11.8 Å². The molecule has 0 bridgehead atoms. The summed E-state index contributed by atoms with van der Waals surface area (Å²) in [6.45, 7) is 0. The van der Waals surface area contributed by atoms with Gasteiger partial charge in [-0.3, -0.25) is 0 Å². The van der Waals surface area contributed by atoms with E-state index in [2.05, 4.69) is 24.3 Å². The Bertz CT molecular complexity index is 271. The van der Waals surface area contributed by atoms with Crippen molar-refractivity contribution in [1.29, 1.82) is 0 Å². The molecule has 2 heteroatoms. The Morgan fingerprint density at radius 2 is 2.33 bits per heavy atom. The molecule has 0 N–H and O–H groups in total. The maximum atomic E-state index is 10.3. The van der Waals surface area contributed by atoms with Gasteiger partial charge in [-0.15, -0.1) is 11.8 Å². The summed E-state index contributed by atoms with van der Waals surface area (Å²) in [5.41, 5.74) is 1.40. The minimum Gasteiger partial charge on any atom is -0.303 e. The molecular weight excluding hydrogens is 168 g/mol. The molecule has 1 aromatic rings. The Morgan fingerprint density at radius 3 is 3.08 bits per heavy atom. The van der Waals surface area contributed by atoms with Gasteiger partial charge in [0.05, 0.1) is 0 Å². The van der Waals surface area contributed by atoms with Gasteiger partial charge < -0.3 is 4.79 Å². The van der Waals surface area contributed by atoms with E-state index in [9.17, 15) is 4.79 Å². The lowest BCUT2D eigenvalue weighted by atomic mass is 10.1. The van der Waals surface area contributed by atoms with Gasteiger partial charge in [-0.2, -0.15) is 0 Å². The standard InChI is InChI=1S/C10H10OS/c11-6-5-9-7-8-3-1-2-4-10(8)12-9/h1-4,6,9H,5,7H2. The topological polar surface area (TPSA) is 17.1 Å². The third-order valence-electron chi connectivity index (χ3n) is 2.07. The van der Waals surface area contributed by atoms with Crippen LogP contribution in [0.2, 0.25) is 0 Å². The van der Waals surface area contributed by atoms with Crippen LogP contribution in [0.15, 0.2) is 29.2 Å². The normalized spacial score (nSPS) is 20.5. The zero-order chi connectivity index (χ0) is 8.39. The number of aldehydes is 1. The summed E-state index contributed by atoms with van der Waals surface area (Å²) in [6, 6.07) is 8.38. The average Bonchev–Trinajstić information content (AvgIpc) is 2.47. The molecule has 1 heterocycles. The number of carbonyl (C=O) groups is 1. The van der Waals surface area contributed by atoms with Crippen LogP contribution < -0.4 is 0 Å². The van der Waals surface area contributed by atoms with Crippen molar-refractivity contribution < 1.29 is 4.79 Å². The first-order chi connectivity index (χ1) is 5.90. The second-order valence-corrected chi connectivity index (χ2v) is 4.30. The summed E-state index contributed by atoms with van der Waals surface area (Å²) in [4.78, 5) is 11.6. The number of hydrogen-bond donors (Lipinski definition) is 0. The highest BCUT2D eigenvalue weighted by atomic mass is 32.2. The lowest BCUT2D eigenvalue weighted by Gasteiger charge is -1.99. The molecular formula is C10H10OS. The van der Waals surface area contributed by atoms with E-state index in [0.29, 0.717) is 11.7 Å². The fourth-order valence-corrected chi connectivity index (χ4v) is 2.75. The molecule has 1 aromatic carbocycles. The number of thioether (sulfide) groups is 1. The van der Waals surface area contributed by atoms with Gasteiger partial charge in [-0.1, -0.05) is 18.2 Å². The van der Waals surface area contributed by atoms with Crippen molar-refractivity contribution in [2.45, 2.75) is 23.0 Å². The SMILES string of the molecule is O=CCC1Cc2ccccc2S1. The summed E-state index contributed by atoms with van der Waals surface area (Å²) in [5.74, 6) is 0. The molecule has 0 saturated carbocycles. The smallest absolute Gasteiger partial charge is 0.121 e. The van der Waals surface area contributed by atoms with Crippen LogP contribution in [0.3, 0.4) is 0 Å². The summed E-state index contributed by atoms with van der Waals surface area (Å²) in [7, 11) is 0. The minimum absolute atomic E-state index is 0.486. The van der Waals surface area contributed by atoms with Crippen molar-refractivity contribution >= 4 is 18.0 Å². The highest BCUT2D eigenvalue weighted by molar-refractivity contribution is 8.00. The fraction of sp³-hybridized carbons (Fsp3) is 0.300. The van der Waals surface area contributed by atoms with Crippen molar-refractivity contribution in [3.63, 3.8) is 0 Å². The van der Waals surface area contributed by atoms with Gasteiger partial charge in [0.15, 0.2) is 0 Å². The Hall–Kier alpha value is -0.760. The van der Waals surface area contributed by atoms with E-state index in [1.165, 1.54) is 10.5 Å². The van der Waals surface area contributed by atoms with Crippen LogP contribution in [0.1, 0.15) is 12.0 Å². The predicted octanol–water partition coefficient (Wildman–Crippen LogP) is 2.29. The van der Waals surface area contributed by atoms with Gasteiger partial charge in [-0.05, 0) is 18.1 Å². The van der Waals surface area contributed by atoms with Gasteiger partial charge >= 0.3 is 0 Å².